The van der Waals surface area contributed by atoms with Gasteiger partial charge in [-0.25, -0.2) is 0 Å². The quantitative estimate of drug-likeness (QED) is 0.274. The van der Waals surface area contributed by atoms with Gasteiger partial charge in [-0.05, 0) is 16.7 Å². The number of ether oxygens (including phenoxy) is 5. The first-order valence-electron chi connectivity index (χ1n) is 12.4. The first-order valence-corrected chi connectivity index (χ1v) is 12.4. The number of hydrogen-bond donors (Lipinski definition) is 1. The lowest BCUT2D eigenvalue weighted by molar-refractivity contribution is -0.285. The van der Waals surface area contributed by atoms with E-state index in [1.165, 1.54) is 0 Å². The molecule has 0 aromatic heterocycles. The third-order valence-electron chi connectivity index (χ3n) is 6.20. The van der Waals surface area contributed by atoms with Crippen LogP contribution in [0.1, 0.15) is 30.5 Å². The second-order valence-corrected chi connectivity index (χ2v) is 9.10. The number of rotatable bonds is 11. The summed E-state index contributed by atoms with van der Waals surface area (Å²) in [6, 6.07) is 30.2. The molecule has 5 atom stereocenters. The van der Waals surface area contributed by atoms with E-state index >= 15 is 0 Å². The van der Waals surface area contributed by atoms with Crippen LogP contribution in [-0.2, 0) is 43.5 Å². The fourth-order valence-electron chi connectivity index (χ4n) is 4.33. The van der Waals surface area contributed by atoms with Crippen molar-refractivity contribution in [2.24, 2.45) is 5.92 Å². The van der Waals surface area contributed by atoms with Crippen LogP contribution in [0, 0.1) is 11.3 Å². The van der Waals surface area contributed by atoms with Gasteiger partial charge in [0.05, 0.1) is 32.5 Å². The molecule has 4 rings (SSSR count). The Hall–Kier alpha value is -3.03. The van der Waals surface area contributed by atoms with Crippen molar-refractivity contribution in [2.75, 3.05) is 6.61 Å². The standard InChI is InChI=1S/C30H35NO5/c1-22-28(33-19-25-14-8-4-9-15-25)29(34-20-26-16-10-5-11-17-26)27(36-30(22)35-23(2)31)21-32-18-24-12-6-3-7-13-24/h3-17,22,27-31H,18-21H2,1-2H3/t22-,27?,28?,29-,30-/m1/s1. The van der Waals surface area contributed by atoms with Gasteiger partial charge in [0, 0.05) is 12.8 Å². The third kappa shape index (κ3) is 7.48. The summed E-state index contributed by atoms with van der Waals surface area (Å²) in [6.45, 7) is 5.26. The maximum Gasteiger partial charge on any atom is 0.206 e. The van der Waals surface area contributed by atoms with Crippen molar-refractivity contribution >= 4 is 5.90 Å². The molecule has 0 amide bonds. The van der Waals surface area contributed by atoms with E-state index in [9.17, 15) is 0 Å². The van der Waals surface area contributed by atoms with E-state index in [-0.39, 0.29) is 24.0 Å². The van der Waals surface area contributed by atoms with E-state index in [1.54, 1.807) is 6.92 Å². The normalized spacial score (nSPS) is 23.8. The van der Waals surface area contributed by atoms with Crippen LogP contribution in [0.5, 0.6) is 0 Å². The van der Waals surface area contributed by atoms with Crippen LogP contribution < -0.4 is 0 Å². The van der Waals surface area contributed by atoms with Gasteiger partial charge in [-0.1, -0.05) is 97.9 Å². The van der Waals surface area contributed by atoms with E-state index in [1.807, 2.05) is 97.9 Å². The third-order valence-corrected chi connectivity index (χ3v) is 6.20. The minimum absolute atomic E-state index is 0.0984. The van der Waals surface area contributed by atoms with Crippen molar-refractivity contribution in [1.82, 2.24) is 0 Å². The van der Waals surface area contributed by atoms with Crippen molar-refractivity contribution in [3.8, 4) is 0 Å². The maximum absolute atomic E-state index is 7.88. The Bertz CT molecular complexity index is 1050. The first-order chi connectivity index (χ1) is 17.6. The molecule has 6 nitrogen and oxygen atoms in total. The highest BCUT2D eigenvalue weighted by Gasteiger charge is 2.46. The zero-order valence-electron chi connectivity index (χ0n) is 20.9. The van der Waals surface area contributed by atoms with Crippen molar-refractivity contribution in [1.29, 1.82) is 5.41 Å². The molecular formula is C30H35NO5. The van der Waals surface area contributed by atoms with Crippen LogP contribution in [0.3, 0.4) is 0 Å². The molecule has 0 aliphatic carbocycles. The summed E-state index contributed by atoms with van der Waals surface area (Å²) in [5.41, 5.74) is 3.24. The van der Waals surface area contributed by atoms with Gasteiger partial charge in [-0.3, -0.25) is 5.41 Å². The summed E-state index contributed by atoms with van der Waals surface area (Å²) >= 11 is 0. The van der Waals surface area contributed by atoms with Crippen LogP contribution in [0.4, 0.5) is 0 Å². The molecule has 3 aromatic carbocycles. The smallest absolute Gasteiger partial charge is 0.206 e. The predicted octanol–water partition coefficient (Wildman–Crippen LogP) is 5.75. The van der Waals surface area contributed by atoms with Crippen molar-refractivity contribution < 1.29 is 23.7 Å². The molecule has 3 aromatic rings. The molecular weight excluding hydrogens is 454 g/mol. The molecule has 1 heterocycles. The molecule has 1 fully saturated rings. The summed E-state index contributed by atoms with van der Waals surface area (Å²) in [6.07, 6.45) is -1.77. The Labute approximate surface area is 213 Å². The zero-order chi connectivity index (χ0) is 25.2. The van der Waals surface area contributed by atoms with E-state index in [0.717, 1.165) is 16.7 Å². The maximum atomic E-state index is 7.88. The highest BCUT2D eigenvalue weighted by molar-refractivity contribution is 5.69. The Morgan fingerprint density at radius 3 is 1.69 bits per heavy atom. The first kappa shape index (κ1) is 26.0. The van der Waals surface area contributed by atoms with Gasteiger partial charge in [0.1, 0.15) is 12.2 Å². The largest absolute Gasteiger partial charge is 0.452 e. The van der Waals surface area contributed by atoms with Gasteiger partial charge in [-0.15, -0.1) is 0 Å². The van der Waals surface area contributed by atoms with Gasteiger partial charge in [0.25, 0.3) is 0 Å². The second kappa shape index (κ2) is 13.3. The Morgan fingerprint density at radius 2 is 1.19 bits per heavy atom. The highest BCUT2D eigenvalue weighted by Crippen LogP contribution is 2.32. The van der Waals surface area contributed by atoms with Crippen LogP contribution in [0.25, 0.3) is 0 Å². The molecule has 1 N–H and O–H groups in total. The number of hydrogen-bond acceptors (Lipinski definition) is 6. The topological polar surface area (TPSA) is 70.0 Å². The summed E-state index contributed by atoms with van der Waals surface area (Å²) in [4.78, 5) is 0. The number of benzene rings is 3. The molecule has 0 spiro atoms. The SMILES string of the molecule is CC(=N)O[C@@H]1OC(COCc2ccccc2)[C@@H](OCc2ccccc2)C(OCc2ccccc2)[C@H]1C. The Morgan fingerprint density at radius 1 is 0.722 bits per heavy atom. The van der Waals surface area contributed by atoms with Gasteiger partial charge in [0.2, 0.25) is 6.29 Å². The van der Waals surface area contributed by atoms with Crippen LogP contribution in [0.15, 0.2) is 91.0 Å². The van der Waals surface area contributed by atoms with Crippen molar-refractivity contribution in [3.05, 3.63) is 108 Å². The van der Waals surface area contributed by atoms with Crippen molar-refractivity contribution in [2.45, 2.75) is 58.3 Å². The molecule has 1 aliphatic rings. The average molecular weight is 490 g/mol. The lowest BCUT2D eigenvalue weighted by Gasteiger charge is -2.45. The molecule has 2 unspecified atom stereocenters. The van der Waals surface area contributed by atoms with E-state index in [2.05, 4.69) is 0 Å². The Balaban J connectivity index is 1.52. The molecule has 1 aliphatic heterocycles. The zero-order valence-corrected chi connectivity index (χ0v) is 20.9. The van der Waals surface area contributed by atoms with Gasteiger partial charge in [0.15, 0.2) is 5.90 Å². The second-order valence-electron chi connectivity index (χ2n) is 9.10. The summed E-state index contributed by atoms with van der Waals surface area (Å²) in [7, 11) is 0. The minimum Gasteiger partial charge on any atom is -0.452 e. The fourth-order valence-corrected chi connectivity index (χ4v) is 4.33. The molecule has 0 radical (unpaired) electrons. The van der Waals surface area contributed by atoms with E-state index in [0.29, 0.717) is 26.4 Å². The van der Waals surface area contributed by atoms with Crippen LogP contribution in [0.2, 0.25) is 0 Å². The lowest BCUT2D eigenvalue weighted by atomic mass is 9.91. The molecule has 0 saturated carbocycles. The summed E-state index contributed by atoms with van der Waals surface area (Å²) in [5.74, 6) is -0.0681. The van der Waals surface area contributed by atoms with Crippen LogP contribution in [-0.4, -0.2) is 37.1 Å². The Kier molecular flexibility index (Phi) is 9.64. The molecule has 6 heteroatoms. The fraction of sp³-hybridized carbons (Fsp3) is 0.367. The lowest BCUT2D eigenvalue weighted by Crippen LogP contribution is -2.57. The van der Waals surface area contributed by atoms with E-state index in [4.69, 9.17) is 29.1 Å². The van der Waals surface area contributed by atoms with E-state index < -0.39 is 12.4 Å². The summed E-state index contributed by atoms with van der Waals surface area (Å²) < 4.78 is 31.1. The monoisotopic (exact) mass is 489 g/mol. The van der Waals surface area contributed by atoms with Crippen LogP contribution >= 0.6 is 0 Å². The predicted molar refractivity (Wildman–Crippen MR) is 138 cm³/mol. The molecule has 36 heavy (non-hydrogen) atoms. The molecule has 0 bridgehead atoms. The minimum atomic E-state index is -0.634. The summed E-state index contributed by atoms with van der Waals surface area (Å²) in [5, 5.41) is 7.88. The van der Waals surface area contributed by atoms with Gasteiger partial charge < -0.3 is 23.7 Å². The average Bonchev–Trinajstić information content (AvgIpc) is 2.90. The van der Waals surface area contributed by atoms with Crippen molar-refractivity contribution in [3.63, 3.8) is 0 Å². The molecule has 1 saturated heterocycles. The molecule has 190 valence electrons. The highest BCUT2D eigenvalue weighted by atomic mass is 16.7. The van der Waals surface area contributed by atoms with Gasteiger partial charge >= 0.3 is 0 Å². The van der Waals surface area contributed by atoms with Gasteiger partial charge in [-0.2, -0.15) is 0 Å². The number of nitrogens with one attached hydrogen (secondary N) is 1.